The molecule has 3 nitrogen and oxygen atoms in total. The average Bonchev–Trinajstić information content (AvgIpc) is 2.51. The Labute approximate surface area is 128 Å². The lowest BCUT2D eigenvalue weighted by atomic mass is 9.90. The molecule has 1 atom stereocenters. The monoisotopic (exact) mass is 288 g/mol. The number of nitrogens with one attached hydrogen (secondary N) is 2. The van der Waals surface area contributed by atoms with E-state index in [-0.39, 0.29) is 11.9 Å². The number of carbonyl (C=O) groups is 1. The number of benzene rings is 1. The van der Waals surface area contributed by atoms with Crippen LogP contribution in [0.25, 0.3) is 0 Å². The second-order valence-electron chi connectivity index (χ2n) is 6.01. The summed E-state index contributed by atoms with van der Waals surface area (Å²) < 4.78 is 0. The van der Waals surface area contributed by atoms with Crippen LogP contribution < -0.4 is 10.6 Å². The number of carbonyl (C=O) groups excluding carboxylic acids is 1. The molecule has 1 amide bonds. The first-order valence-corrected chi connectivity index (χ1v) is 8.37. The van der Waals surface area contributed by atoms with Crippen molar-refractivity contribution in [1.29, 1.82) is 0 Å². The van der Waals surface area contributed by atoms with Gasteiger partial charge in [-0.3, -0.25) is 4.79 Å². The molecule has 2 N–H and O–H groups in total. The number of fused-ring (bicyclic) bond motifs is 1. The minimum absolute atomic E-state index is 0.0968. The number of unbranched alkanes of at least 4 members (excludes halogenated alkanes) is 2. The van der Waals surface area contributed by atoms with Crippen LogP contribution in [0.2, 0.25) is 0 Å². The van der Waals surface area contributed by atoms with E-state index >= 15 is 0 Å². The summed E-state index contributed by atoms with van der Waals surface area (Å²) in [6, 6.07) is 6.23. The Morgan fingerprint density at radius 3 is 2.86 bits per heavy atom. The summed E-state index contributed by atoms with van der Waals surface area (Å²) in [7, 11) is 0. The summed E-state index contributed by atoms with van der Waals surface area (Å²) in [4.78, 5) is 12.1. The minimum Gasteiger partial charge on any atom is -0.374 e. The molecule has 0 aromatic heterocycles. The Bertz CT molecular complexity index is 470. The van der Waals surface area contributed by atoms with Gasteiger partial charge in [0.1, 0.15) is 6.04 Å². The quantitative estimate of drug-likeness (QED) is 0.752. The molecule has 116 valence electrons. The van der Waals surface area contributed by atoms with E-state index in [0.717, 1.165) is 25.1 Å². The Kier molecular flexibility index (Phi) is 6.09. The lowest BCUT2D eigenvalue weighted by Gasteiger charge is -2.22. The first-order chi connectivity index (χ1) is 10.2. The fraction of sp³-hybridized carbons (Fsp3) is 0.611. The largest absolute Gasteiger partial charge is 0.374 e. The van der Waals surface area contributed by atoms with Gasteiger partial charge >= 0.3 is 0 Å². The molecule has 0 fully saturated rings. The van der Waals surface area contributed by atoms with Gasteiger partial charge in [-0.05, 0) is 56.2 Å². The lowest BCUT2D eigenvalue weighted by Crippen LogP contribution is -2.38. The first-order valence-electron chi connectivity index (χ1n) is 8.37. The standard InChI is InChI=1S/C18H28N2O/c1-3-4-7-13-19-18(21)14(2)20-17-12-8-10-15-9-5-6-11-16(15)17/h8,10,12,14,20H,3-7,9,11,13H2,1-2H3,(H,19,21). The van der Waals surface area contributed by atoms with Crippen molar-refractivity contribution in [3.63, 3.8) is 0 Å². The van der Waals surface area contributed by atoms with E-state index in [4.69, 9.17) is 0 Å². The van der Waals surface area contributed by atoms with E-state index in [1.807, 2.05) is 6.92 Å². The molecular formula is C18H28N2O. The molecule has 1 aliphatic carbocycles. The van der Waals surface area contributed by atoms with Crippen LogP contribution in [0.4, 0.5) is 5.69 Å². The number of amides is 1. The lowest BCUT2D eigenvalue weighted by molar-refractivity contribution is -0.121. The van der Waals surface area contributed by atoms with Crippen LogP contribution in [0.15, 0.2) is 18.2 Å². The van der Waals surface area contributed by atoms with Gasteiger partial charge in [0.2, 0.25) is 5.91 Å². The summed E-state index contributed by atoms with van der Waals surface area (Å²) >= 11 is 0. The molecule has 0 spiro atoms. The fourth-order valence-electron chi connectivity index (χ4n) is 2.96. The molecule has 0 heterocycles. The second kappa shape index (κ2) is 8.06. The third kappa shape index (κ3) is 4.48. The van der Waals surface area contributed by atoms with Crippen molar-refractivity contribution >= 4 is 11.6 Å². The van der Waals surface area contributed by atoms with Gasteiger partial charge < -0.3 is 10.6 Å². The van der Waals surface area contributed by atoms with E-state index in [2.05, 4.69) is 35.8 Å². The second-order valence-corrected chi connectivity index (χ2v) is 6.01. The SMILES string of the molecule is CCCCCNC(=O)C(C)Nc1cccc2c1CCCC2. The van der Waals surface area contributed by atoms with Crippen molar-refractivity contribution in [3.8, 4) is 0 Å². The smallest absolute Gasteiger partial charge is 0.242 e. The highest BCUT2D eigenvalue weighted by atomic mass is 16.2. The van der Waals surface area contributed by atoms with Gasteiger partial charge in [-0.25, -0.2) is 0 Å². The number of rotatable bonds is 7. The van der Waals surface area contributed by atoms with Crippen LogP contribution in [0.5, 0.6) is 0 Å². The molecule has 1 unspecified atom stereocenters. The molecule has 1 aliphatic rings. The van der Waals surface area contributed by atoms with Crippen LogP contribution in [-0.2, 0) is 17.6 Å². The Hall–Kier alpha value is -1.51. The third-order valence-electron chi connectivity index (χ3n) is 4.24. The van der Waals surface area contributed by atoms with Crippen molar-refractivity contribution in [2.75, 3.05) is 11.9 Å². The zero-order chi connectivity index (χ0) is 15.1. The maximum Gasteiger partial charge on any atom is 0.242 e. The van der Waals surface area contributed by atoms with Crippen LogP contribution in [0, 0.1) is 0 Å². The number of hydrogen-bond donors (Lipinski definition) is 2. The fourth-order valence-corrected chi connectivity index (χ4v) is 2.96. The Morgan fingerprint density at radius 1 is 1.24 bits per heavy atom. The van der Waals surface area contributed by atoms with Gasteiger partial charge in [-0.2, -0.15) is 0 Å². The zero-order valence-electron chi connectivity index (χ0n) is 13.4. The number of hydrogen-bond acceptors (Lipinski definition) is 2. The Morgan fingerprint density at radius 2 is 2.05 bits per heavy atom. The van der Waals surface area contributed by atoms with E-state index in [1.54, 1.807) is 0 Å². The van der Waals surface area contributed by atoms with Crippen molar-refractivity contribution in [2.24, 2.45) is 0 Å². The maximum absolute atomic E-state index is 12.1. The van der Waals surface area contributed by atoms with Crippen molar-refractivity contribution < 1.29 is 4.79 Å². The number of aryl methyl sites for hydroxylation is 1. The van der Waals surface area contributed by atoms with E-state index in [1.165, 1.54) is 43.2 Å². The molecular weight excluding hydrogens is 260 g/mol. The molecule has 0 aliphatic heterocycles. The molecule has 2 rings (SSSR count). The average molecular weight is 288 g/mol. The number of anilines is 1. The van der Waals surface area contributed by atoms with Gasteiger partial charge in [0.25, 0.3) is 0 Å². The molecule has 21 heavy (non-hydrogen) atoms. The van der Waals surface area contributed by atoms with Gasteiger partial charge in [-0.1, -0.05) is 31.9 Å². The van der Waals surface area contributed by atoms with Crippen molar-refractivity contribution in [1.82, 2.24) is 5.32 Å². The van der Waals surface area contributed by atoms with E-state index in [9.17, 15) is 4.79 Å². The predicted molar refractivity (Wildman–Crippen MR) is 88.7 cm³/mol. The Balaban J connectivity index is 1.90. The summed E-state index contributed by atoms with van der Waals surface area (Å²) in [5.74, 6) is 0.0968. The highest BCUT2D eigenvalue weighted by molar-refractivity contribution is 5.84. The van der Waals surface area contributed by atoms with Crippen molar-refractivity contribution in [3.05, 3.63) is 29.3 Å². The minimum atomic E-state index is -0.181. The highest BCUT2D eigenvalue weighted by Gasteiger charge is 2.17. The maximum atomic E-state index is 12.1. The van der Waals surface area contributed by atoms with Gasteiger partial charge in [0, 0.05) is 12.2 Å². The molecule has 0 bridgehead atoms. The van der Waals surface area contributed by atoms with Gasteiger partial charge in [0.05, 0.1) is 0 Å². The van der Waals surface area contributed by atoms with Crippen LogP contribution in [-0.4, -0.2) is 18.5 Å². The summed E-state index contributed by atoms with van der Waals surface area (Å²) in [6.45, 7) is 4.90. The first kappa shape index (κ1) is 15.9. The topological polar surface area (TPSA) is 41.1 Å². The highest BCUT2D eigenvalue weighted by Crippen LogP contribution is 2.28. The van der Waals surface area contributed by atoms with E-state index < -0.39 is 0 Å². The third-order valence-corrected chi connectivity index (χ3v) is 4.24. The van der Waals surface area contributed by atoms with Crippen LogP contribution >= 0.6 is 0 Å². The predicted octanol–water partition coefficient (Wildman–Crippen LogP) is 3.67. The van der Waals surface area contributed by atoms with Crippen LogP contribution in [0.1, 0.15) is 57.1 Å². The molecule has 0 saturated carbocycles. The van der Waals surface area contributed by atoms with Crippen molar-refractivity contribution in [2.45, 2.75) is 64.8 Å². The molecule has 3 heteroatoms. The normalized spacial score (nSPS) is 15.1. The van der Waals surface area contributed by atoms with Gasteiger partial charge in [-0.15, -0.1) is 0 Å². The summed E-state index contributed by atoms with van der Waals surface area (Å²) in [5.41, 5.74) is 4.00. The summed E-state index contributed by atoms with van der Waals surface area (Å²) in [6.07, 6.45) is 8.25. The molecule has 1 aromatic carbocycles. The van der Waals surface area contributed by atoms with Gasteiger partial charge in [0.15, 0.2) is 0 Å². The zero-order valence-corrected chi connectivity index (χ0v) is 13.4. The van der Waals surface area contributed by atoms with Crippen LogP contribution in [0.3, 0.4) is 0 Å². The molecule has 0 radical (unpaired) electrons. The molecule has 1 aromatic rings. The summed E-state index contributed by atoms with van der Waals surface area (Å²) in [5, 5.41) is 6.41. The van der Waals surface area contributed by atoms with E-state index in [0.29, 0.717) is 0 Å². The molecule has 0 saturated heterocycles.